The van der Waals surface area contributed by atoms with Crippen LogP contribution in [0.5, 0.6) is 0 Å². The quantitative estimate of drug-likeness (QED) is 0.722. The lowest BCUT2D eigenvalue weighted by atomic mass is 9.64. The Morgan fingerprint density at radius 1 is 1.24 bits per heavy atom. The summed E-state index contributed by atoms with van der Waals surface area (Å²) in [5, 5.41) is 2.92. The molecule has 2 aromatic rings. The van der Waals surface area contributed by atoms with Gasteiger partial charge in [0.2, 0.25) is 5.91 Å². The molecule has 10 heteroatoms. The molecule has 178 valence electrons. The van der Waals surface area contributed by atoms with E-state index in [0.717, 1.165) is 17.7 Å². The number of ether oxygens (including phenoxy) is 1. The number of nitrogens with zero attached hydrogens (tertiary/aromatic N) is 2. The molecule has 2 atom stereocenters. The summed E-state index contributed by atoms with van der Waals surface area (Å²) in [6, 6.07) is 7.01. The molecule has 2 fully saturated rings. The zero-order chi connectivity index (χ0) is 23.9. The number of hydrogen-bond donors (Lipinski definition) is 1. The second-order valence-corrected chi connectivity index (χ2v) is 9.63. The van der Waals surface area contributed by atoms with Crippen molar-refractivity contribution < 1.29 is 27.5 Å². The van der Waals surface area contributed by atoms with E-state index >= 15 is 0 Å². The molecule has 33 heavy (non-hydrogen) atoms. The number of nitrogens with one attached hydrogen (secondary N) is 1. The standard InChI is InChI=1S/C23H26F3N3O3S/c1-15-19(33-14-28-15)17-13-27-18(30)12-21(17)8-10-29(11-9-21)20(31)22(32-2,23(24,25)26)16-6-4-3-5-7-16/h3-7,14,17H,8-13H2,1-2H3,(H,27,30)/t17-,22-/m1/s1. The molecule has 0 bridgehead atoms. The van der Waals surface area contributed by atoms with E-state index in [-0.39, 0.29) is 36.9 Å². The third-order valence-electron chi connectivity index (χ3n) is 7.09. The van der Waals surface area contributed by atoms with Gasteiger partial charge in [-0.15, -0.1) is 11.3 Å². The van der Waals surface area contributed by atoms with Crippen LogP contribution in [-0.4, -0.2) is 54.6 Å². The Morgan fingerprint density at radius 3 is 2.45 bits per heavy atom. The minimum absolute atomic E-state index is 0.0175. The number of aryl methyl sites for hydroxylation is 1. The summed E-state index contributed by atoms with van der Waals surface area (Å²) in [6.45, 7) is 2.62. The second-order valence-electron chi connectivity index (χ2n) is 8.74. The van der Waals surface area contributed by atoms with Crippen LogP contribution in [0.25, 0.3) is 0 Å². The van der Waals surface area contributed by atoms with Crippen LogP contribution in [0.1, 0.15) is 41.3 Å². The summed E-state index contributed by atoms with van der Waals surface area (Å²) >= 11 is 1.53. The Morgan fingerprint density at radius 2 is 1.91 bits per heavy atom. The molecule has 0 unspecified atom stereocenters. The Hall–Kier alpha value is -2.46. The van der Waals surface area contributed by atoms with Crippen molar-refractivity contribution in [2.24, 2.45) is 5.41 Å². The van der Waals surface area contributed by atoms with Crippen LogP contribution in [0.2, 0.25) is 0 Å². The zero-order valence-corrected chi connectivity index (χ0v) is 19.3. The van der Waals surface area contributed by atoms with E-state index in [1.54, 1.807) is 11.6 Å². The van der Waals surface area contributed by atoms with Crippen LogP contribution in [0, 0.1) is 12.3 Å². The van der Waals surface area contributed by atoms with Crippen molar-refractivity contribution in [3.63, 3.8) is 0 Å². The van der Waals surface area contributed by atoms with Gasteiger partial charge in [-0.3, -0.25) is 9.59 Å². The van der Waals surface area contributed by atoms with Gasteiger partial charge in [-0.1, -0.05) is 30.3 Å². The van der Waals surface area contributed by atoms with E-state index in [1.165, 1.54) is 40.5 Å². The third kappa shape index (κ3) is 3.93. The predicted octanol–water partition coefficient (Wildman–Crippen LogP) is 3.77. The molecule has 4 rings (SSSR count). The number of likely N-dealkylation sites (tertiary alicyclic amines) is 1. The Bertz CT molecular complexity index is 1020. The van der Waals surface area contributed by atoms with Gasteiger partial charge < -0.3 is 15.0 Å². The van der Waals surface area contributed by atoms with E-state index in [1.807, 2.05) is 6.92 Å². The van der Waals surface area contributed by atoms with E-state index < -0.39 is 23.1 Å². The summed E-state index contributed by atoms with van der Waals surface area (Å²) < 4.78 is 47.9. The summed E-state index contributed by atoms with van der Waals surface area (Å²) in [7, 11) is 0.915. The zero-order valence-electron chi connectivity index (χ0n) is 18.4. The fourth-order valence-electron chi connectivity index (χ4n) is 5.26. The predicted molar refractivity (Wildman–Crippen MR) is 117 cm³/mol. The number of carbonyl (C=O) groups excluding carboxylic acids is 2. The van der Waals surface area contributed by atoms with Crippen molar-refractivity contribution in [2.75, 3.05) is 26.7 Å². The van der Waals surface area contributed by atoms with Crippen LogP contribution >= 0.6 is 11.3 Å². The highest BCUT2D eigenvalue weighted by Gasteiger charge is 2.64. The molecule has 2 amide bonds. The fourth-order valence-corrected chi connectivity index (χ4v) is 6.30. The Balaban J connectivity index is 1.62. The lowest BCUT2D eigenvalue weighted by Gasteiger charge is -2.49. The molecule has 1 N–H and O–H groups in total. The van der Waals surface area contributed by atoms with E-state index in [4.69, 9.17) is 4.74 Å². The highest BCUT2D eigenvalue weighted by atomic mass is 32.1. The smallest absolute Gasteiger partial charge is 0.356 e. The molecule has 1 aromatic carbocycles. The molecule has 0 aliphatic carbocycles. The maximum absolute atomic E-state index is 14.3. The van der Waals surface area contributed by atoms with Crippen LogP contribution in [0.4, 0.5) is 13.2 Å². The topological polar surface area (TPSA) is 71.5 Å². The highest BCUT2D eigenvalue weighted by molar-refractivity contribution is 7.09. The van der Waals surface area contributed by atoms with Crippen molar-refractivity contribution >= 4 is 23.2 Å². The van der Waals surface area contributed by atoms with E-state index in [0.29, 0.717) is 19.4 Å². The van der Waals surface area contributed by atoms with Gasteiger partial charge in [0.1, 0.15) is 0 Å². The summed E-state index contributed by atoms with van der Waals surface area (Å²) in [5.74, 6) is -1.17. The van der Waals surface area contributed by atoms with Crippen molar-refractivity contribution in [3.8, 4) is 0 Å². The first-order valence-electron chi connectivity index (χ1n) is 10.8. The first-order valence-corrected chi connectivity index (χ1v) is 11.7. The minimum Gasteiger partial charge on any atom is -0.356 e. The van der Waals surface area contributed by atoms with Crippen LogP contribution in [0.15, 0.2) is 35.8 Å². The summed E-state index contributed by atoms with van der Waals surface area (Å²) in [4.78, 5) is 32.3. The third-order valence-corrected chi connectivity index (χ3v) is 8.13. The van der Waals surface area contributed by atoms with Crippen LogP contribution in [-0.2, 0) is 19.9 Å². The Labute approximate surface area is 194 Å². The molecule has 0 saturated carbocycles. The van der Waals surface area contributed by atoms with Gasteiger partial charge in [0, 0.05) is 49.5 Å². The fraction of sp³-hybridized carbons (Fsp3) is 0.522. The average Bonchev–Trinajstić information content (AvgIpc) is 3.20. The van der Waals surface area contributed by atoms with E-state index in [9.17, 15) is 22.8 Å². The summed E-state index contributed by atoms with van der Waals surface area (Å²) in [5.41, 5.74) is -1.07. The molecule has 1 spiro atoms. The maximum Gasteiger partial charge on any atom is 0.430 e. The lowest BCUT2D eigenvalue weighted by molar-refractivity contribution is -0.271. The van der Waals surface area contributed by atoms with Crippen molar-refractivity contribution in [1.82, 2.24) is 15.2 Å². The lowest BCUT2D eigenvalue weighted by Crippen LogP contribution is -2.60. The van der Waals surface area contributed by atoms with Crippen LogP contribution in [0.3, 0.4) is 0 Å². The van der Waals surface area contributed by atoms with Gasteiger partial charge in [-0.25, -0.2) is 4.98 Å². The Kier molecular flexibility index (Phi) is 6.26. The van der Waals surface area contributed by atoms with Crippen molar-refractivity contribution in [2.45, 2.75) is 43.9 Å². The van der Waals surface area contributed by atoms with Gasteiger partial charge in [0.25, 0.3) is 11.5 Å². The molecule has 1 aromatic heterocycles. The molecule has 2 saturated heterocycles. The number of piperidine rings is 2. The molecule has 0 radical (unpaired) electrons. The highest BCUT2D eigenvalue weighted by Crippen LogP contribution is 2.51. The first-order chi connectivity index (χ1) is 15.6. The van der Waals surface area contributed by atoms with Gasteiger partial charge in [0.05, 0.1) is 11.2 Å². The summed E-state index contributed by atoms with van der Waals surface area (Å²) in [6.07, 6.45) is -3.80. The molecule has 6 nitrogen and oxygen atoms in total. The number of rotatable bonds is 4. The number of benzene rings is 1. The van der Waals surface area contributed by atoms with E-state index in [2.05, 4.69) is 10.3 Å². The maximum atomic E-state index is 14.3. The largest absolute Gasteiger partial charge is 0.430 e. The number of amides is 2. The average molecular weight is 482 g/mol. The van der Waals surface area contributed by atoms with Gasteiger partial charge >= 0.3 is 6.18 Å². The normalized spacial score (nSPS) is 22.6. The van der Waals surface area contributed by atoms with Gasteiger partial charge in [-0.05, 0) is 25.2 Å². The molecular weight excluding hydrogens is 455 g/mol. The number of methoxy groups -OCH3 is 1. The number of hydrogen-bond acceptors (Lipinski definition) is 5. The van der Waals surface area contributed by atoms with Gasteiger partial charge in [-0.2, -0.15) is 13.2 Å². The number of alkyl halides is 3. The molecule has 2 aliphatic rings. The first kappa shape index (κ1) is 23.7. The number of aromatic nitrogens is 1. The molecular formula is C23H26F3N3O3S. The van der Waals surface area contributed by atoms with Gasteiger partial charge in [0.15, 0.2) is 0 Å². The number of thiazole rings is 1. The van der Waals surface area contributed by atoms with Crippen molar-refractivity contribution in [1.29, 1.82) is 0 Å². The molecule has 2 aliphatic heterocycles. The number of carbonyl (C=O) groups is 2. The SMILES string of the molecule is CO[C@@](C(=O)N1CCC2(CC1)CC(=O)NC[C@@H]2c1scnc1C)(c1ccccc1)C(F)(F)F. The second kappa shape index (κ2) is 8.72. The van der Waals surface area contributed by atoms with Crippen LogP contribution < -0.4 is 5.32 Å². The monoisotopic (exact) mass is 481 g/mol. The molecule has 3 heterocycles. The minimum atomic E-state index is -4.94. The number of halogens is 3. The van der Waals surface area contributed by atoms with Crippen molar-refractivity contribution in [3.05, 3.63) is 52.0 Å².